The second kappa shape index (κ2) is 8.29. The molecule has 0 bridgehead atoms. The number of nitrogens with zero attached hydrogens (tertiary/aromatic N) is 1. The number of ether oxygens (including phenoxy) is 1. The first-order valence-corrected chi connectivity index (χ1v) is 10.3. The summed E-state index contributed by atoms with van der Waals surface area (Å²) >= 11 is 6.07. The highest BCUT2D eigenvalue weighted by Gasteiger charge is 2.20. The lowest BCUT2D eigenvalue weighted by Crippen LogP contribution is -2.15. The molecule has 1 heterocycles. The molecule has 0 saturated heterocycles. The van der Waals surface area contributed by atoms with Gasteiger partial charge >= 0.3 is 5.97 Å². The molecule has 0 fully saturated rings. The lowest BCUT2D eigenvalue weighted by molar-refractivity contribution is 0.0477. The van der Waals surface area contributed by atoms with E-state index in [1.807, 2.05) is 48.5 Å². The normalized spacial score (nSPS) is 11.0. The minimum absolute atomic E-state index is 0.312. The van der Waals surface area contributed by atoms with Crippen molar-refractivity contribution in [1.82, 2.24) is 4.98 Å². The van der Waals surface area contributed by atoms with Gasteiger partial charge in [-0.3, -0.25) is 4.79 Å². The molecule has 0 amide bonds. The van der Waals surface area contributed by atoms with Gasteiger partial charge in [0, 0.05) is 16.5 Å². The summed E-state index contributed by atoms with van der Waals surface area (Å²) in [6, 6.07) is 25.1. The summed E-state index contributed by atoms with van der Waals surface area (Å²) in [5, 5.41) is 1.80. The Morgan fingerprint density at radius 1 is 0.844 bits per heavy atom. The molecular weight excluding hydrogens is 426 g/mol. The molecular formula is C26H16ClNO4. The Morgan fingerprint density at radius 2 is 1.56 bits per heavy atom. The maximum absolute atomic E-state index is 13.0. The first-order chi connectivity index (χ1) is 15.6. The molecule has 0 radical (unpaired) electrons. The summed E-state index contributed by atoms with van der Waals surface area (Å²) in [4.78, 5) is 30.0. The van der Waals surface area contributed by atoms with Crippen molar-refractivity contribution in [2.24, 2.45) is 0 Å². The second-order valence-electron chi connectivity index (χ2n) is 7.18. The van der Waals surface area contributed by atoms with Gasteiger partial charge in [0.2, 0.25) is 11.7 Å². The van der Waals surface area contributed by atoms with Crippen molar-refractivity contribution in [1.29, 1.82) is 0 Å². The number of hydrogen-bond acceptors (Lipinski definition) is 5. The minimum Gasteiger partial charge on any atom is -0.454 e. The topological polar surface area (TPSA) is 69.4 Å². The monoisotopic (exact) mass is 441 g/mol. The minimum atomic E-state index is -0.612. The first kappa shape index (κ1) is 20.0. The first-order valence-electron chi connectivity index (χ1n) is 9.94. The van der Waals surface area contributed by atoms with Crippen LogP contribution in [0.15, 0.2) is 89.3 Å². The molecule has 0 atom stereocenters. The third kappa shape index (κ3) is 3.63. The summed E-state index contributed by atoms with van der Waals surface area (Å²) < 4.78 is 11.3. The zero-order valence-corrected chi connectivity index (χ0v) is 17.5. The van der Waals surface area contributed by atoms with Crippen LogP contribution >= 0.6 is 11.6 Å². The summed E-state index contributed by atoms with van der Waals surface area (Å²) in [5.74, 6) is -0.577. The zero-order valence-electron chi connectivity index (χ0n) is 16.7. The van der Waals surface area contributed by atoms with Crippen LogP contribution in [0.3, 0.4) is 0 Å². The molecule has 0 spiro atoms. The molecule has 1 aromatic heterocycles. The van der Waals surface area contributed by atoms with Crippen LogP contribution in [0.4, 0.5) is 0 Å². The Hall–Kier alpha value is -3.96. The Morgan fingerprint density at radius 3 is 2.38 bits per heavy atom. The third-order valence-corrected chi connectivity index (χ3v) is 5.49. The van der Waals surface area contributed by atoms with Crippen molar-refractivity contribution < 1.29 is 18.7 Å². The Labute approximate surface area is 188 Å². The van der Waals surface area contributed by atoms with Crippen molar-refractivity contribution in [3.05, 3.63) is 101 Å². The van der Waals surface area contributed by atoms with Crippen molar-refractivity contribution in [2.45, 2.75) is 0 Å². The molecule has 4 aromatic carbocycles. The fourth-order valence-corrected chi connectivity index (χ4v) is 3.89. The van der Waals surface area contributed by atoms with E-state index in [4.69, 9.17) is 20.8 Å². The van der Waals surface area contributed by atoms with Crippen LogP contribution in [0.25, 0.3) is 33.3 Å². The van der Waals surface area contributed by atoms with Gasteiger partial charge in [-0.15, -0.1) is 0 Å². The van der Waals surface area contributed by atoms with E-state index in [1.54, 1.807) is 36.4 Å². The lowest BCUT2D eigenvalue weighted by Gasteiger charge is -2.10. The number of Topliss-reactive ketones (excluding diaryl/α,β-unsaturated/α-hetero) is 1. The molecule has 0 aliphatic carbocycles. The van der Waals surface area contributed by atoms with E-state index in [2.05, 4.69) is 4.98 Å². The number of hydrogen-bond donors (Lipinski definition) is 0. The number of benzene rings is 4. The van der Waals surface area contributed by atoms with Gasteiger partial charge in [0.15, 0.2) is 12.2 Å². The fourth-order valence-electron chi connectivity index (χ4n) is 3.65. The molecule has 5 rings (SSSR count). The predicted octanol–water partition coefficient (Wildman–Crippen LogP) is 6.34. The quantitative estimate of drug-likeness (QED) is 0.235. The van der Waals surface area contributed by atoms with E-state index in [0.29, 0.717) is 38.6 Å². The SMILES string of the molecule is O=C(COC(=O)c1cccc2cccc(-c3nc4ccccc4o3)c12)c1ccccc1Cl. The number of esters is 1. The van der Waals surface area contributed by atoms with Crippen LogP contribution in [0, 0.1) is 0 Å². The number of carbonyl (C=O) groups excluding carboxylic acids is 2. The van der Waals surface area contributed by atoms with Gasteiger partial charge < -0.3 is 9.15 Å². The highest BCUT2D eigenvalue weighted by atomic mass is 35.5. The van der Waals surface area contributed by atoms with Crippen LogP contribution in [0.2, 0.25) is 5.02 Å². The fraction of sp³-hybridized carbons (Fsp3) is 0.0385. The van der Waals surface area contributed by atoms with E-state index >= 15 is 0 Å². The maximum atomic E-state index is 13.0. The maximum Gasteiger partial charge on any atom is 0.339 e. The van der Waals surface area contributed by atoms with Crippen LogP contribution in [-0.4, -0.2) is 23.3 Å². The molecule has 156 valence electrons. The molecule has 6 heteroatoms. The molecule has 0 aliphatic heterocycles. The van der Waals surface area contributed by atoms with Crippen molar-refractivity contribution in [2.75, 3.05) is 6.61 Å². The molecule has 32 heavy (non-hydrogen) atoms. The zero-order chi connectivity index (χ0) is 22.1. The van der Waals surface area contributed by atoms with E-state index in [1.165, 1.54) is 0 Å². The van der Waals surface area contributed by atoms with Crippen LogP contribution in [-0.2, 0) is 4.74 Å². The van der Waals surface area contributed by atoms with Crippen LogP contribution < -0.4 is 0 Å². The van der Waals surface area contributed by atoms with Crippen molar-refractivity contribution in [3.8, 4) is 11.5 Å². The summed E-state index contributed by atoms with van der Waals surface area (Å²) in [7, 11) is 0. The van der Waals surface area contributed by atoms with Gasteiger partial charge in [-0.05, 0) is 41.8 Å². The number of carbonyl (C=O) groups is 2. The Balaban J connectivity index is 1.51. The number of rotatable bonds is 5. The van der Waals surface area contributed by atoms with Gasteiger partial charge in [-0.25, -0.2) is 9.78 Å². The Kier molecular flexibility index (Phi) is 5.17. The molecule has 5 aromatic rings. The molecule has 0 unspecified atom stereocenters. The smallest absolute Gasteiger partial charge is 0.339 e. The van der Waals surface area contributed by atoms with E-state index in [-0.39, 0.29) is 5.78 Å². The molecule has 0 aliphatic rings. The highest BCUT2D eigenvalue weighted by molar-refractivity contribution is 6.34. The third-order valence-electron chi connectivity index (χ3n) is 5.16. The van der Waals surface area contributed by atoms with Gasteiger partial charge in [-0.2, -0.15) is 0 Å². The van der Waals surface area contributed by atoms with Crippen LogP contribution in [0.5, 0.6) is 0 Å². The van der Waals surface area contributed by atoms with E-state index < -0.39 is 12.6 Å². The number of halogens is 1. The predicted molar refractivity (Wildman–Crippen MR) is 123 cm³/mol. The van der Waals surface area contributed by atoms with Gasteiger partial charge in [0.1, 0.15) is 5.52 Å². The average molecular weight is 442 g/mol. The van der Waals surface area contributed by atoms with Gasteiger partial charge in [0.25, 0.3) is 0 Å². The number of ketones is 1. The van der Waals surface area contributed by atoms with Crippen molar-refractivity contribution in [3.63, 3.8) is 0 Å². The number of oxazole rings is 1. The Bertz CT molecular complexity index is 1450. The molecule has 0 N–H and O–H groups in total. The number of para-hydroxylation sites is 2. The summed E-state index contributed by atoms with van der Waals surface area (Å²) in [5.41, 5.74) is 2.69. The standard InChI is InChI=1S/C26H16ClNO4/c27-20-12-2-1-9-17(20)22(29)15-31-26(30)19-11-6-8-16-7-5-10-18(24(16)19)25-28-21-13-3-4-14-23(21)32-25/h1-14H,15H2. The molecule has 0 saturated carbocycles. The van der Waals surface area contributed by atoms with E-state index in [0.717, 1.165) is 10.9 Å². The second-order valence-corrected chi connectivity index (χ2v) is 7.58. The number of fused-ring (bicyclic) bond motifs is 2. The van der Waals surface area contributed by atoms with Crippen LogP contribution in [0.1, 0.15) is 20.7 Å². The summed E-state index contributed by atoms with van der Waals surface area (Å²) in [6.07, 6.45) is 0. The van der Waals surface area contributed by atoms with Crippen molar-refractivity contribution >= 4 is 45.2 Å². The van der Waals surface area contributed by atoms with E-state index in [9.17, 15) is 9.59 Å². The lowest BCUT2D eigenvalue weighted by atomic mass is 9.99. The van der Waals surface area contributed by atoms with Gasteiger partial charge in [-0.1, -0.05) is 60.1 Å². The average Bonchev–Trinajstić information content (AvgIpc) is 3.26. The number of aromatic nitrogens is 1. The molecule has 5 nitrogen and oxygen atoms in total. The summed E-state index contributed by atoms with van der Waals surface area (Å²) in [6.45, 7) is -0.413. The highest BCUT2D eigenvalue weighted by Crippen LogP contribution is 2.33. The largest absolute Gasteiger partial charge is 0.454 e. The van der Waals surface area contributed by atoms with Gasteiger partial charge in [0.05, 0.1) is 10.6 Å².